The normalized spacial score (nSPS) is 11.2. The Hall–Kier alpha value is -2.08. The van der Waals surface area contributed by atoms with Crippen LogP contribution in [0, 0.1) is 5.92 Å². The molecule has 0 radical (unpaired) electrons. The summed E-state index contributed by atoms with van der Waals surface area (Å²) >= 11 is 0. The lowest BCUT2D eigenvalue weighted by Crippen LogP contribution is -1.93. The fourth-order valence-electron chi connectivity index (χ4n) is 2.80. The van der Waals surface area contributed by atoms with Crippen molar-refractivity contribution in [2.45, 2.75) is 20.3 Å². The van der Waals surface area contributed by atoms with E-state index in [2.05, 4.69) is 80.6 Å². The molecule has 100 valence electrons. The molecular formula is C20H20. The lowest BCUT2D eigenvalue weighted by molar-refractivity contribution is 0.648. The van der Waals surface area contributed by atoms with Gasteiger partial charge < -0.3 is 0 Å². The second-order valence-electron chi connectivity index (χ2n) is 5.83. The number of hydrogen-bond acceptors (Lipinski definition) is 0. The molecule has 0 aliphatic rings. The summed E-state index contributed by atoms with van der Waals surface area (Å²) < 4.78 is 0. The molecule has 0 aliphatic heterocycles. The van der Waals surface area contributed by atoms with Crippen molar-refractivity contribution in [2.75, 3.05) is 0 Å². The number of rotatable bonds is 3. The van der Waals surface area contributed by atoms with Gasteiger partial charge in [0.15, 0.2) is 0 Å². The lowest BCUT2D eigenvalue weighted by atomic mass is 9.95. The SMILES string of the molecule is CC(C)Cc1ccc2c(-c3ccccc3)cccc2c1. The highest BCUT2D eigenvalue weighted by Gasteiger charge is 2.05. The van der Waals surface area contributed by atoms with E-state index in [9.17, 15) is 0 Å². The van der Waals surface area contributed by atoms with Crippen LogP contribution in [-0.4, -0.2) is 0 Å². The van der Waals surface area contributed by atoms with Crippen LogP contribution in [0.3, 0.4) is 0 Å². The Morgan fingerprint density at radius 2 is 1.60 bits per heavy atom. The minimum Gasteiger partial charge on any atom is -0.0625 e. The average Bonchev–Trinajstić information content (AvgIpc) is 2.46. The summed E-state index contributed by atoms with van der Waals surface area (Å²) in [5.74, 6) is 0.699. The van der Waals surface area contributed by atoms with Crippen molar-refractivity contribution < 1.29 is 0 Å². The molecule has 0 saturated heterocycles. The fraction of sp³-hybridized carbons (Fsp3) is 0.200. The summed E-state index contributed by atoms with van der Waals surface area (Å²) in [5, 5.41) is 2.68. The molecule has 0 N–H and O–H groups in total. The Labute approximate surface area is 121 Å². The van der Waals surface area contributed by atoms with Gasteiger partial charge in [-0.3, -0.25) is 0 Å². The molecular weight excluding hydrogens is 240 g/mol. The predicted octanol–water partition coefficient (Wildman–Crippen LogP) is 5.71. The Morgan fingerprint density at radius 3 is 2.35 bits per heavy atom. The summed E-state index contributed by atoms with van der Waals surface area (Å²) in [6.45, 7) is 4.54. The van der Waals surface area contributed by atoms with Gasteiger partial charge in [0.1, 0.15) is 0 Å². The van der Waals surface area contributed by atoms with Crippen LogP contribution in [0.25, 0.3) is 21.9 Å². The molecule has 0 bridgehead atoms. The predicted molar refractivity (Wildman–Crippen MR) is 87.9 cm³/mol. The van der Waals surface area contributed by atoms with Crippen LogP contribution >= 0.6 is 0 Å². The van der Waals surface area contributed by atoms with Gasteiger partial charge in [-0.1, -0.05) is 80.6 Å². The highest BCUT2D eigenvalue weighted by Crippen LogP contribution is 2.29. The molecule has 0 fully saturated rings. The molecule has 3 aromatic carbocycles. The zero-order chi connectivity index (χ0) is 13.9. The smallest absolute Gasteiger partial charge is 0.0105 e. The van der Waals surface area contributed by atoms with Crippen molar-refractivity contribution >= 4 is 10.8 Å². The molecule has 0 saturated carbocycles. The van der Waals surface area contributed by atoms with E-state index in [1.807, 2.05) is 0 Å². The molecule has 3 rings (SSSR count). The Balaban J connectivity index is 2.12. The first-order valence-corrected chi connectivity index (χ1v) is 7.31. The molecule has 0 nitrogen and oxygen atoms in total. The largest absolute Gasteiger partial charge is 0.0625 e. The zero-order valence-electron chi connectivity index (χ0n) is 12.1. The van der Waals surface area contributed by atoms with Crippen LogP contribution in [0.2, 0.25) is 0 Å². The maximum atomic E-state index is 2.34. The highest BCUT2D eigenvalue weighted by molar-refractivity contribution is 5.96. The van der Waals surface area contributed by atoms with E-state index in [-0.39, 0.29) is 0 Å². The molecule has 0 atom stereocenters. The van der Waals surface area contributed by atoms with Crippen molar-refractivity contribution in [3.63, 3.8) is 0 Å². The zero-order valence-corrected chi connectivity index (χ0v) is 12.1. The van der Waals surface area contributed by atoms with Crippen molar-refractivity contribution in [1.82, 2.24) is 0 Å². The third kappa shape index (κ3) is 2.60. The molecule has 0 spiro atoms. The Kier molecular flexibility index (Phi) is 3.56. The lowest BCUT2D eigenvalue weighted by Gasteiger charge is -2.10. The van der Waals surface area contributed by atoms with Crippen molar-refractivity contribution in [3.05, 3.63) is 72.3 Å². The van der Waals surface area contributed by atoms with Crippen LogP contribution in [-0.2, 0) is 6.42 Å². The van der Waals surface area contributed by atoms with Crippen LogP contribution in [0.4, 0.5) is 0 Å². The van der Waals surface area contributed by atoms with E-state index in [0.717, 1.165) is 6.42 Å². The van der Waals surface area contributed by atoms with E-state index in [0.29, 0.717) is 5.92 Å². The van der Waals surface area contributed by atoms with Crippen LogP contribution < -0.4 is 0 Å². The molecule has 0 heterocycles. The van der Waals surface area contributed by atoms with Gasteiger partial charge in [0.05, 0.1) is 0 Å². The van der Waals surface area contributed by atoms with Crippen LogP contribution in [0.1, 0.15) is 19.4 Å². The second kappa shape index (κ2) is 5.50. The van der Waals surface area contributed by atoms with Gasteiger partial charge in [-0.2, -0.15) is 0 Å². The number of hydrogen-bond donors (Lipinski definition) is 0. The van der Waals surface area contributed by atoms with Gasteiger partial charge in [-0.15, -0.1) is 0 Å². The topological polar surface area (TPSA) is 0 Å². The van der Waals surface area contributed by atoms with E-state index < -0.39 is 0 Å². The van der Waals surface area contributed by atoms with Gasteiger partial charge in [0.25, 0.3) is 0 Å². The summed E-state index contributed by atoms with van der Waals surface area (Å²) in [6.07, 6.45) is 1.14. The van der Waals surface area contributed by atoms with Crippen LogP contribution in [0.15, 0.2) is 66.7 Å². The van der Waals surface area contributed by atoms with Gasteiger partial charge in [-0.05, 0) is 39.8 Å². The second-order valence-corrected chi connectivity index (χ2v) is 5.83. The average molecular weight is 260 g/mol. The van der Waals surface area contributed by atoms with Gasteiger partial charge in [0, 0.05) is 0 Å². The van der Waals surface area contributed by atoms with Gasteiger partial charge >= 0.3 is 0 Å². The summed E-state index contributed by atoms with van der Waals surface area (Å²) in [5.41, 5.74) is 4.03. The third-order valence-electron chi connectivity index (χ3n) is 3.67. The van der Waals surface area contributed by atoms with Gasteiger partial charge in [-0.25, -0.2) is 0 Å². The van der Waals surface area contributed by atoms with Gasteiger partial charge in [0.2, 0.25) is 0 Å². The number of benzene rings is 3. The molecule has 0 aliphatic carbocycles. The van der Waals surface area contributed by atoms with Crippen molar-refractivity contribution in [3.8, 4) is 11.1 Å². The Morgan fingerprint density at radius 1 is 0.800 bits per heavy atom. The van der Waals surface area contributed by atoms with E-state index in [4.69, 9.17) is 0 Å². The molecule has 3 aromatic rings. The van der Waals surface area contributed by atoms with Crippen molar-refractivity contribution in [1.29, 1.82) is 0 Å². The summed E-state index contributed by atoms with van der Waals surface area (Å²) in [4.78, 5) is 0. The molecule has 0 unspecified atom stereocenters. The third-order valence-corrected chi connectivity index (χ3v) is 3.67. The first-order chi connectivity index (χ1) is 9.74. The molecule has 0 amide bonds. The highest BCUT2D eigenvalue weighted by atomic mass is 14.1. The molecule has 0 heteroatoms. The minimum atomic E-state index is 0.699. The standard InChI is InChI=1S/C20H20/c1-15(2)13-16-11-12-20-18(14-16)9-6-10-19(20)17-7-4-3-5-8-17/h3-12,14-15H,13H2,1-2H3. The van der Waals surface area contributed by atoms with E-state index >= 15 is 0 Å². The first kappa shape index (κ1) is 12.9. The quantitative estimate of drug-likeness (QED) is 0.566. The van der Waals surface area contributed by atoms with E-state index in [1.54, 1.807) is 0 Å². The van der Waals surface area contributed by atoms with Crippen LogP contribution in [0.5, 0.6) is 0 Å². The van der Waals surface area contributed by atoms with Crippen molar-refractivity contribution in [2.24, 2.45) is 5.92 Å². The minimum absolute atomic E-state index is 0.699. The summed E-state index contributed by atoms with van der Waals surface area (Å²) in [6, 6.07) is 24.1. The molecule has 20 heavy (non-hydrogen) atoms. The Bertz CT molecular complexity index is 708. The fourth-order valence-corrected chi connectivity index (χ4v) is 2.80. The monoisotopic (exact) mass is 260 g/mol. The summed E-state index contributed by atoms with van der Waals surface area (Å²) in [7, 11) is 0. The number of fused-ring (bicyclic) bond motifs is 1. The van der Waals surface area contributed by atoms with E-state index in [1.165, 1.54) is 27.5 Å². The maximum absolute atomic E-state index is 2.34. The maximum Gasteiger partial charge on any atom is -0.0105 e. The first-order valence-electron chi connectivity index (χ1n) is 7.31. The molecule has 0 aromatic heterocycles.